The van der Waals surface area contributed by atoms with Gasteiger partial charge in [0.1, 0.15) is 24.4 Å². The minimum atomic E-state index is -0.957. The van der Waals surface area contributed by atoms with Gasteiger partial charge in [-0.3, -0.25) is 0 Å². The second kappa shape index (κ2) is 10.7. The lowest BCUT2D eigenvalue weighted by molar-refractivity contribution is -0.308. The molecule has 0 bridgehead atoms. The van der Waals surface area contributed by atoms with Gasteiger partial charge in [-0.1, -0.05) is 60.7 Å². The van der Waals surface area contributed by atoms with Crippen LogP contribution in [0.1, 0.15) is 11.1 Å². The van der Waals surface area contributed by atoms with E-state index in [9.17, 15) is 5.11 Å². The minimum Gasteiger partial charge on any atom is -0.385 e. The van der Waals surface area contributed by atoms with Crippen molar-refractivity contribution < 1.29 is 28.8 Å². The topological polar surface area (TPSA) is 66.4 Å². The molecule has 1 saturated heterocycles. The van der Waals surface area contributed by atoms with Gasteiger partial charge in [-0.2, -0.15) is 0 Å². The number of aliphatic hydroxyl groups excluding tert-OH is 1. The highest BCUT2D eigenvalue weighted by molar-refractivity contribution is 5.14. The SMILES string of the molecule is CO[C@@H]1O[C@H](COCc2ccccc2)[C@H](OCc2ccccc2)[C@@H](OC)[C@H]1O. The van der Waals surface area contributed by atoms with E-state index in [0.717, 1.165) is 11.1 Å². The third-order valence-corrected chi connectivity index (χ3v) is 4.80. The average molecular weight is 388 g/mol. The zero-order valence-electron chi connectivity index (χ0n) is 16.3. The van der Waals surface area contributed by atoms with E-state index < -0.39 is 30.7 Å². The molecule has 1 fully saturated rings. The van der Waals surface area contributed by atoms with Crippen molar-refractivity contribution in [2.75, 3.05) is 20.8 Å². The number of ether oxygens (including phenoxy) is 5. The van der Waals surface area contributed by atoms with Crippen LogP contribution in [0.15, 0.2) is 60.7 Å². The summed E-state index contributed by atoms with van der Waals surface area (Å²) in [6, 6.07) is 19.8. The van der Waals surface area contributed by atoms with Gasteiger partial charge in [-0.25, -0.2) is 0 Å². The van der Waals surface area contributed by atoms with E-state index in [4.69, 9.17) is 23.7 Å². The summed E-state index contributed by atoms with van der Waals surface area (Å²) in [6.45, 7) is 1.14. The molecular weight excluding hydrogens is 360 g/mol. The van der Waals surface area contributed by atoms with Crippen molar-refractivity contribution in [2.24, 2.45) is 0 Å². The van der Waals surface area contributed by atoms with Crippen molar-refractivity contribution in [1.82, 2.24) is 0 Å². The van der Waals surface area contributed by atoms with Crippen molar-refractivity contribution in [3.8, 4) is 0 Å². The second-order valence-corrected chi connectivity index (χ2v) is 6.73. The van der Waals surface area contributed by atoms with Gasteiger partial charge < -0.3 is 28.8 Å². The highest BCUT2D eigenvalue weighted by Crippen LogP contribution is 2.27. The quantitative estimate of drug-likeness (QED) is 0.712. The monoisotopic (exact) mass is 388 g/mol. The normalized spacial score (nSPS) is 27.6. The van der Waals surface area contributed by atoms with Gasteiger partial charge in [0.15, 0.2) is 6.29 Å². The molecule has 2 aromatic rings. The summed E-state index contributed by atoms with van der Waals surface area (Å²) < 4.78 is 28.7. The molecule has 1 aliphatic heterocycles. The molecule has 0 spiro atoms. The highest BCUT2D eigenvalue weighted by atomic mass is 16.7. The number of methoxy groups -OCH3 is 2. The molecule has 28 heavy (non-hydrogen) atoms. The molecule has 1 heterocycles. The molecule has 0 aromatic heterocycles. The van der Waals surface area contributed by atoms with Crippen LogP contribution in [0.3, 0.4) is 0 Å². The Hall–Kier alpha value is -1.80. The van der Waals surface area contributed by atoms with Gasteiger partial charge in [0.25, 0.3) is 0 Å². The van der Waals surface area contributed by atoms with Gasteiger partial charge in [0.2, 0.25) is 0 Å². The summed E-state index contributed by atoms with van der Waals surface area (Å²) in [5.74, 6) is 0. The van der Waals surface area contributed by atoms with E-state index >= 15 is 0 Å². The lowest BCUT2D eigenvalue weighted by Crippen LogP contribution is -2.60. The Morgan fingerprint density at radius 1 is 0.821 bits per heavy atom. The van der Waals surface area contributed by atoms with E-state index in [-0.39, 0.29) is 0 Å². The van der Waals surface area contributed by atoms with Crippen LogP contribution >= 0.6 is 0 Å². The van der Waals surface area contributed by atoms with Crippen molar-refractivity contribution in [1.29, 1.82) is 0 Å². The summed E-state index contributed by atoms with van der Waals surface area (Å²) >= 11 is 0. The Labute approximate surface area is 165 Å². The first-order valence-corrected chi connectivity index (χ1v) is 9.39. The Balaban J connectivity index is 1.66. The molecule has 6 heteroatoms. The van der Waals surface area contributed by atoms with Crippen LogP contribution < -0.4 is 0 Å². The first-order chi connectivity index (χ1) is 13.7. The maximum Gasteiger partial charge on any atom is 0.186 e. The third-order valence-electron chi connectivity index (χ3n) is 4.80. The third kappa shape index (κ3) is 5.38. The summed E-state index contributed by atoms with van der Waals surface area (Å²) in [7, 11) is 3.04. The Morgan fingerprint density at radius 2 is 1.43 bits per heavy atom. The first kappa shape index (κ1) is 20.9. The highest BCUT2D eigenvalue weighted by Gasteiger charge is 2.46. The molecule has 5 atom stereocenters. The molecule has 0 amide bonds. The number of hydrogen-bond donors (Lipinski definition) is 1. The lowest BCUT2D eigenvalue weighted by Gasteiger charge is -2.43. The number of aliphatic hydroxyl groups is 1. The van der Waals surface area contributed by atoms with Gasteiger partial charge in [-0.05, 0) is 11.1 Å². The van der Waals surface area contributed by atoms with Crippen LogP contribution in [-0.2, 0) is 36.9 Å². The van der Waals surface area contributed by atoms with Crippen LogP contribution in [0.25, 0.3) is 0 Å². The molecule has 0 aliphatic carbocycles. The van der Waals surface area contributed by atoms with Crippen molar-refractivity contribution >= 4 is 0 Å². The summed E-state index contributed by atoms with van der Waals surface area (Å²) in [5, 5.41) is 10.5. The number of rotatable bonds is 9. The molecule has 0 saturated carbocycles. The average Bonchev–Trinajstić information content (AvgIpc) is 2.74. The largest absolute Gasteiger partial charge is 0.385 e. The standard InChI is InChI=1S/C22H28O6/c1-24-21-19(23)22(25-2)28-18(15-26-13-16-9-5-3-6-10-16)20(21)27-14-17-11-7-4-8-12-17/h3-12,18-23H,13-15H2,1-2H3/t18-,19-,20+,21+,22-/m1/s1. The zero-order chi connectivity index (χ0) is 19.8. The van der Waals surface area contributed by atoms with Crippen LogP contribution in [0.2, 0.25) is 0 Å². The Morgan fingerprint density at radius 3 is 2.00 bits per heavy atom. The van der Waals surface area contributed by atoms with E-state index in [1.165, 1.54) is 7.11 Å². The maximum atomic E-state index is 10.5. The maximum absolute atomic E-state index is 10.5. The van der Waals surface area contributed by atoms with Crippen molar-refractivity contribution in [3.05, 3.63) is 71.8 Å². The smallest absolute Gasteiger partial charge is 0.186 e. The van der Waals surface area contributed by atoms with Gasteiger partial charge in [0, 0.05) is 14.2 Å². The van der Waals surface area contributed by atoms with Gasteiger partial charge >= 0.3 is 0 Å². The number of hydrogen-bond acceptors (Lipinski definition) is 6. The lowest BCUT2D eigenvalue weighted by atomic mass is 9.98. The second-order valence-electron chi connectivity index (χ2n) is 6.73. The zero-order valence-corrected chi connectivity index (χ0v) is 16.3. The Kier molecular flexibility index (Phi) is 7.97. The molecule has 6 nitrogen and oxygen atoms in total. The fourth-order valence-corrected chi connectivity index (χ4v) is 3.33. The van der Waals surface area contributed by atoms with Gasteiger partial charge in [0.05, 0.1) is 19.8 Å². The summed E-state index contributed by atoms with van der Waals surface area (Å²) in [4.78, 5) is 0. The number of benzene rings is 2. The summed E-state index contributed by atoms with van der Waals surface area (Å²) in [5.41, 5.74) is 2.11. The predicted octanol–water partition coefficient (Wildman–Crippen LogP) is 2.54. The Bertz CT molecular complexity index is 680. The van der Waals surface area contributed by atoms with E-state index in [1.807, 2.05) is 60.7 Å². The molecule has 152 valence electrons. The molecule has 2 aromatic carbocycles. The molecule has 0 unspecified atom stereocenters. The fraction of sp³-hybridized carbons (Fsp3) is 0.455. The fourth-order valence-electron chi connectivity index (χ4n) is 3.33. The van der Waals surface area contributed by atoms with E-state index in [2.05, 4.69) is 0 Å². The molecule has 3 rings (SSSR count). The molecule has 0 radical (unpaired) electrons. The van der Waals surface area contributed by atoms with Crippen LogP contribution in [-0.4, -0.2) is 56.6 Å². The summed E-state index contributed by atoms with van der Waals surface area (Å²) in [6.07, 6.45) is -3.28. The van der Waals surface area contributed by atoms with E-state index in [0.29, 0.717) is 19.8 Å². The molecule has 1 aliphatic rings. The molecule has 1 N–H and O–H groups in total. The van der Waals surface area contributed by atoms with Crippen LogP contribution in [0, 0.1) is 0 Å². The van der Waals surface area contributed by atoms with Crippen molar-refractivity contribution in [2.45, 2.75) is 43.9 Å². The first-order valence-electron chi connectivity index (χ1n) is 9.39. The van der Waals surface area contributed by atoms with Crippen molar-refractivity contribution in [3.63, 3.8) is 0 Å². The minimum absolute atomic E-state index is 0.292. The van der Waals surface area contributed by atoms with Crippen LogP contribution in [0.4, 0.5) is 0 Å². The molecular formula is C22H28O6. The van der Waals surface area contributed by atoms with Gasteiger partial charge in [-0.15, -0.1) is 0 Å². The van der Waals surface area contributed by atoms with E-state index in [1.54, 1.807) is 7.11 Å². The predicted molar refractivity (Wildman–Crippen MR) is 104 cm³/mol. The van der Waals surface area contributed by atoms with Crippen LogP contribution in [0.5, 0.6) is 0 Å².